The number of rotatable bonds is 6. The largest absolute Gasteiger partial charge is 0.391 e. The topological polar surface area (TPSA) is 38.7 Å². The molecule has 0 aliphatic carbocycles. The smallest absolute Gasteiger partial charge is 0.162 e. The van der Waals surface area contributed by atoms with Crippen LogP contribution in [0.15, 0.2) is 0 Å². The van der Waals surface area contributed by atoms with Crippen LogP contribution in [-0.4, -0.2) is 30.2 Å². The molecule has 1 N–H and O–H groups in total. The lowest BCUT2D eigenvalue weighted by molar-refractivity contribution is -0.239. The quantitative estimate of drug-likeness (QED) is 0.650. The van der Waals surface area contributed by atoms with Crippen molar-refractivity contribution in [3.8, 4) is 0 Å². The Labute approximate surface area is 81.0 Å². The Morgan fingerprint density at radius 1 is 1.38 bits per heavy atom. The zero-order valence-corrected chi connectivity index (χ0v) is 9.33. The highest BCUT2D eigenvalue weighted by atomic mass is 16.7. The maximum absolute atomic E-state index is 9.42. The molecule has 0 saturated heterocycles. The molecule has 0 fully saturated rings. The van der Waals surface area contributed by atoms with Crippen molar-refractivity contribution >= 4 is 0 Å². The summed E-state index contributed by atoms with van der Waals surface area (Å²) in [6.07, 6.45) is 1.26. The van der Waals surface area contributed by atoms with Gasteiger partial charge < -0.3 is 14.6 Å². The fourth-order valence-corrected chi connectivity index (χ4v) is 1.10. The molecular formula is C10H22O3. The Kier molecular flexibility index (Phi) is 5.53. The summed E-state index contributed by atoms with van der Waals surface area (Å²) < 4.78 is 10.7. The summed E-state index contributed by atoms with van der Waals surface area (Å²) in [4.78, 5) is 0. The van der Waals surface area contributed by atoms with Gasteiger partial charge in [-0.1, -0.05) is 13.3 Å². The van der Waals surface area contributed by atoms with Crippen LogP contribution in [0, 0.1) is 0 Å². The minimum Gasteiger partial charge on any atom is -0.391 e. The molecule has 0 rings (SSSR count). The second-order valence-corrected chi connectivity index (χ2v) is 3.79. The van der Waals surface area contributed by atoms with Crippen molar-refractivity contribution in [1.82, 2.24) is 0 Å². The maximum Gasteiger partial charge on any atom is 0.162 e. The summed E-state index contributed by atoms with van der Waals surface area (Å²) in [6.45, 7) is 7.50. The molecule has 0 aromatic heterocycles. The van der Waals surface area contributed by atoms with Gasteiger partial charge in [0.25, 0.3) is 0 Å². The maximum atomic E-state index is 9.42. The van der Waals surface area contributed by atoms with Crippen molar-refractivity contribution in [3.63, 3.8) is 0 Å². The van der Waals surface area contributed by atoms with Crippen LogP contribution in [0.5, 0.6) is 0 Å². The van der Waals surface area contributed by atoms with Crippen LogP contribution in [0.25, 0.3) is 0 Å². The first-order valence-electron chi connectivity index (χ1n) is 4.84. The van der Waals surface area contributed by atoms with Crippen LogP contribution in [0.4, 0.5) is 0 Å². The summed E-state index contributed by atoms with van der Waals surface area (Å²) in [6, 6.07) is 0. The predicted octanol–water partition coefficient (Wildman–Crippen LogP) is 1.94. The number of aliphatic hydroxyl groups is 1. The minimum absolute atomic E-state index is 0.139. The average molecular weight is 190 g/mol. The van der Waals surface area contributed by atoms with E-state index in [0.717, 1.165) is 12.8 Å². The molecule has 0 saturated carbocycles. The third-order valence-corrected chi connectivity index (χ3v) is 2.04. The van der Waals surface area contributed by atoms with Crippen molar-refractivity contribution < 1.29 is 14.6 Å². The van der Waals surface area contributed by atoms with Crippen molar-refractivity contribution in [1.29, 1.82) is 0 Å². The molecule has 0 aromatic rings. The first-order chi connectivity index (χ1) is 5.93. The first-order valence-corrected chi connectivity index (χ1v) is 4.84. The van der Waals surface area contributed by atoms with Gasteiger partial charge in [0, 0.05) is 7.11 Å². The molecule has 0 aromatic carbocycles. The van der Waals surface area contributed by atoms with Crippen LogP contribution in [0.3, 0.4) is 0 Å². The van der Waals surface area contributed by atoms with Crippen molar-refractivity contribution in [2.24, 2.45) is 0 Å². The molecule has 3 nitrogen and oxygen atoms in total. The lowest BCUT2D eigenvalue weighted by Gasteiger charge is -2.30. The number of ether oxygens (including phenoxy) is 2. The van der Waals surface area contributed by atoms with Gasteiger partial charge >= 0.3 is 0 Å². The lowest BCUT2D eigenvalue weighted by atomic mass is 10.1. The van der Waals surface area contributed by atoms with Gasteiger partial charge in [-0.05, 0) is 27.2 Å². The predicted molar refractivity (Wildman–Crippen MR) is 52.5 cm³/mol. The normalized spacial score (nSPS) is 17.1. The van der Waals surface area contributed by atoms with E-state index < -0.39 is 11.9 Å². The molecule has 2 atom stereocenters. The Morgan fingerprint density at radius 2 is 1.92 bits per heavy atom. The molecule has 3 heteroatoms. The van der Waals surface area contributed by atoms with Crippen molar-refractivity contribution in [2.75, 3.05) is 7.11 Å². The molecule has 0 aliphatic rings. The summed E-state index contributed by atoms with van der Waals surface area (Å²) in [5.74, 6) is -0.614. The molecule has 0 amide bonds. The Balaban J connectivity index is 4.08. The molecule has 80 valence electrons. The van der Waals surface area contributed by atoms with Crippen molar-refractivity contribution in [2.45, 2.75) is 58.5 Å². The Bertz CT molecular complexity index is 132. The van der Waals surface area contributed by atoms with Crippen LogP contribution >= 0.6 is 0 Å². The SMILES string of the molecule is CCCC(OC(C)(C)OC)C(C)O. The summed E-state index contributed by atoms with van der Waals surface area (Å²) >= 11 is 0. The summed E-state index contributed by atoms with van der Waals surface area (Å²) in [7, 11) is 1.60. The number of hydrogen-bond donors (Lipinski definition) is 1. The average Bonchev–Trinajstić information content (AvgIpc) is 2.03. The van der Waals surface area contributed by atoms with Gasteiger partial charge in [0.15, 0.2) is 5.79 Å². The molecule has 2 unspecified atom stereocenters. The number of methoxy groups -OCH3 is 1. The number of hydrogen-bond acceptors (Lipinski definition) is 3. The standard InChI is InChI=1S/C10H22O3/c1-6-7-9(8(2)11)13-10(3,4)12-5/h8-9,11H,6-7H2,1-5H3. The van der Waals surface area contributed by atoms with Crippen LogP contribution in [0.2, 0.25) is 0 Å². The Hall–Kier alpha value is -0.120. The molecule has 13 heavy (non-hydrogen) atoms. The van der Waals surface area contributed by atoms with Gasteiger partial charge in [-0.25, -0.2) is 0 Å². The van der Waals surface area contributed by atoms with E-state index in [2.05, 4.69) is 6.92 Å². The van der Waals surface area contributed by atoms with E-state index in [0.29, 0.717) is 0 Å². The molecule has 0 heterocycles. The van der Waals surface area contributed by atoms with Crippen LogP contribution in [0.1, 0.15) is 40.5 Å². The zero-order chi connectivity index (χ0) is 10.5. The van der Waals surface area contributed by atoms with Gasteiger partial charge in [0.2, 0.25) is 0 Å². The molecule has 0 bridgehead atoms. The third kappa shape index (κ3) is 5.24. The van der Waals surface area contributed by atoms with E-state index in [1.165, 1.54) is 0 Å². The van der Waals surface area contributed by atoms with Crippen LogP contribution < -0.4 is 0 Å². The monoisotopic (exact) mass is 190 g/mol. The van der Waals surface area contributed by atoms with Gasteiger partial charge in [0.05, 0.1) is 12.2 Å². The molecule has 0 spiro atoms. The van der Waals surface area contributed by atoms with E-state index in [9.17, 15) is 5.11 Å². The first kappa shape index (κ1) is 12.9. The highest BCUT2D eigenvalue weighted by Gasteiger charge is 2.25. The summed E-state index contributed by atoms with van der Waals surface area (Å²) in [5, 5.41) is 9.42. The van der Waals surface area contributed by atoms with E-state index in [1.54, 1.807) is 14.0 Å². The molecule has 0 radical (unpaired) electrons. The molecular weight excluding hydrogens is 168 g/mol. The van der Waals surface area contributed by atoms with E-state index in [4.69, 9.17) is 9.47 Å². The van der Waals surface area contributed by atoms with Gasteiger partial charge in [0.1, 0.15) is 0 Å². The van der Waals surface area contributed by atoms with Crippen molar-refractivity contribution in [3.05, 3.63) is 0 Å². The fraction of sp³-hybridized carbons (Fsp3) is 1.00. The van der Waals surface area contributed by atoms with Crippen LogP contribution in [-0.2, 0) is 9.47 Å². The Morgan fingerprint density at radius 3 is 2.23 bits per heavy atom. The highest BCUT2D eigenvalue weighted by molar-refractivity contribution is 4.67. The van der Waals surface area contributed by atoms with Gasteiger partial charge in [-0.15, -0.1) is 0 Å². The highest BCUT2D eigenvalue weighted by Crippen LogP contribution is 2.18. The molecule has 0 aliphatic heterocycles. The zero-order valence-electron chi connectivity index (χ0n) is 9.33. The fourth-order valence-electron chi connectivity index (χ4n) is 1.10. The van der Waals surface area contributed by atoms with E-state index >= 15 is 0 Å². The minimum atomic E-state index is -0.614. The third-order valence-electron chi connectivity index (χ3n) is 2.04. The second-order valence-electron chi connectivity index (χ2n) is 3.79. The number of aliphatic hydroxyl groups excluding tert-OH is 1. The summed E-state index contributed by atoms with van der Waals surface area (Å²) in [5.41, 5.74) is 0. The second kappa shape index (κ2) is 5.58. The van der Waals surface area contributed by atoms with Gasteiger partial charge in [-0.3, -0.25) is 0 Å². The van der Waals surface area contributed by atoms with E-state index in [1.807, 2.05) is 13.8 Å². The lowest BCUT2D eigenvalue weighted by Crippen LogP contribution is -2.37. The van der Waals surface area contributed by atoms with Gasteiger partial charge in [-0.2, -0.15) is 0 Å². The van der Waals surface area contributed by atoms with E-state index in [-0.39, 0.29) is 6.10 Å².